The number of anilines is 1. The van der Waals surface area contributed by atoms with E-state index in [1.165, 1.54) is 5.56 Å². The zero-order chi connectivity index (χ0) is 26.5. The van der Waals surface area contributed by atoms with Gasteiger partial charge in [0.15, 0.2) is 28.6 Å². The lowest BCUT2D eigenvalue weighted by Crippen LogP contribution is -2.39. The number of aromatic nitrogens is 5. The minimum absolute atomic E-state index is 0.0259. The Morgan fingerprint density at radius 3 is 2.76 bits per heavy atom. The number of hydrogen-bond acceptors (Lipinski definition) is 11. The van der Waals surface area contributed by atoms with E-state index in [1.54, 1.807) is 0 Å². The summed E-state index contributed by atoms with van der Waals surface area (Å²) in [5, 5.41) is 39.8. The van der Waals surface area contributed by atoms with Gasteiger partial charge in [-0.25, -0.2) is 0 Å². The van der Waals surface area contributed by atoms with Crippen molar-refractivity contribution in [2.24, 2.45) is 0 Å². The van der Waals surface area contributed by atoms with Gasteiger partial charge in [0.1, 0.15) is 18.3 Å². The summed E-state index contributed by atoms with van der Waals surface area (Å²) in [4.78, 5) is 27.4. The molecule has 16 heteroatoms. The predicted molar refractivity (Wildman–Crippen MR) is 129 cm³/mol. The maximum absolute atomic E-state index is 11.7. The lowest BCUT2D eigenvalue weighted by molar-refractivity contribution is -0.104. The maximum Gasteiger partial charge on any atom is 0.359 e. The second kappa shape index (κ2) is 9.80. The topological polar surface area (TPSA) is 205 Å². The summed E-state index contributed by atoms with van der Waals surface area (Å²) in [6.07, 6.45) is -3.74. The Hall–Kier alpha value is -2.26. The lowest BCUT2D eigenvalue weighted by atomic mass is 10.1. The molecule has 2 aromatic heterocycles. The van der Waals surface area contributed by atoms with E-state index in [-0.39, 0.29) is 22.5 Å². The number of aliphatic hydroxyl groups is 3. The molecule has 3 aromatic rings. The first-order valence-electron chi connectivity index (χ1n) is 11.5. The lowest BCUT2D eigenvalue weighted by Gasteiger charge is -2.29. The number of nitrogens with zero attached hydrogens (tertiary/aromatic N) is 5. The van der Waals surface area contributed by atoms with Crippen LogP contribution >= 0.6 is 19.2 Å². The number of halogens is 1. The van der Waals surface area contributed by atoms with Crippen LogP contribution in [0, 0.1) is 0 Å². The van der Waals surface area contributed by atoms with Crippen molar-refractivity contribution >= 4 is 36.2 Å². The molecule has 200 valence electrons. The summed E-state index contributed by atoms with van der Waals surface area (Å²) in [7, 11) is -4.86. The van der Waals surface area contributed by atoms with Gasteiger partial charge < -0.3 is 39.9 Å². The van der Waals surface area contributed by atoms with E-state index in [9.17, 15) is 29.7 Å². The van der Waals surface area contributed by atoms with Crippen LogP contribution in [0.5, 0.6) is 0 Å². The normalized spacial score (nSPS) is 27.4. The highest BCUT2D eigenvalue weighted by Crippen LogP contribution is 2.51. The van der Waals surface area contributed by atoms with Crippen molar-refractivity contribution in [3.63, 3.8) is 0 Å². The Labute approximate surface area is 215 Å². The molecule has 1 unspecified atom stereocenters. The number of benzene rings is 1. The van der Waals surface area contributed by atoms with E-state index in [4.69, 9.17) is 21.1 Å². The van der Waals surface area contributed by atoms with E-state index in [1.807, 2.05) is 18.2 Å². The molecule has 3 heterocycles. The van der Waals surface area contributed by atoms with Gasteiger partial charge in [0, 0.05) is 0 Å². The monoisotopic (exact) mass is 556 g/mol. The summed E-state index contributed by atoms with van der Waals surface area (Å²) < 4.78 is 23.8. The highest BCUT2D eigenvalue weighted by molar-refractivity contribution is 7.53. The van der Waals surface area contributed by atoms with Crippen LogP contribution < -0.4 is 5.32 Å². The van der Waals surface area contributed by atoms with Crippen LogP contribution in [0.3, 0.4) is 0 Å². The first-order valence-corrected chi connectivity index (χ1v) is 13.5. The van der Waals surface area contributed by atoms with Crippen LogP contribution in [0.15, 0.2) is 24.3 Å². The van der Waals surface area contributed by atoms with E-state index in [0.717, 1.165) is 30.0 Å². The fourth-order valence-electron chi connectivity index (χ4n) is 4.50. The molecule has 0 amide bonds. The number of aryl methyl sites for hydroxylation is 1. The molecule has 0 spiro atoms. The van der Waals surface area contributed by atoms with Gasteiger partial charge in [-0.2, -0.15) is 14.6 Å². The summed E-state index contributed by atoms with van der Waals surface area (Å²) in [5.41, 5.74) is 2.79. The van der Waals surface area contributed by atoms with Gasteiger partial charge in [0.2, 0.25) is 5.28 Å². The summed E-state index contributed by atoms with van der Waals surface area (Å²) in [6.45, 7) is -0.478. The first kappa shape index (κ1) is 26.4. The number of fused-ring (bicyclic) bond motifs is 2. The number of rotatable bonds is 8. The van der Waals surface area contributed by atoms with Gasteiger partial charge in [0.05, 0.1) is 19.3 Å². The van der Waals surface area contributed by atoms with Crippen molar-refractivity contribution in [2.75, 3.05) is 18.5 Å². The molecular weight excluding hydrogens is 531 g/mol. The molecule has 6 N–H and O–H groups in total. The highest BCUT2D eigenvalue weighted by Gasteiger charge is 2.49. The third kappa shape index (κ3) is 4.73. The molecule has 1 fully saturated rings. The van der Waals surface area contributed by atoms with Crippen molar-refractivity contribution in [1.29, 1.82) is 0 Å². The minimum atomic E-state index is -4.86. The number of ether oxygens (including phenoxy) is 2. The number of hydrogen-bond donors (Lipinski definition) is 6. The quantitative estimate of drug-likeness (QED) is 0.165. The maximum atomic E-state index is 11.7. The zero-order valence-corrected chi connectivity index (χ0v) is 21.2. The standard InChI is InChI=1S/C21H26ClN6O8P/c1-21(9-29,37(32,33)34)35-8-13-15(30)16(31)19(36-13)28-18-14(26-27-28)17(24-20(22)25-18)23-12-7-6-10-4-2-3-5-11(10)12/h2-5,12-13,15-16,19,29-31H,6-9H2,1H3,(H,23,24,25)(H2,32,33,34)/t12-,13-,15-,16-,19+,21?/m1/s1. The van der Waals surface area contributed by atoms with Crippen LogP contribution in [-0.4, -0.2) is 86.9 Å². The molecule has 14 nitrogen and oxygen atoms in total. The van der Waals surface area contributed by atoms with Crippen molar-refractivity contribution < 1.29 is 39.1 Å². The summed E-state index contributed by atoms with van der Waals surface area (Å²) in [6, 6.07) is 8.04. The molecule has 37 heavy (non-hydrogen) atoms. The van der Waals surface area contributed by atoms with E-state index >= 15 is 0 Å². The van der Waals surface area contributed by atoms with Crippen molar-refractivity contribution in [1.82, 2.24) is 25.0 Å². The highest BCUT2D eigenvalue weighted by atomic mass is 35.5. The van der Waals surface area contributed by atoms with Gasteiger partial charge in [-0.05, 0) is 42.5 Å². The van der Waals surface area contributed by atoms with Crippen LogP contribution in [-0.2, 0) is 20.5 Å². The number of aliphatic hydroxyl groups excluding tert-OH is 3. The largest absolute Gasteiger partial charge is 0.393 e. The van der Waals surface area contributed by atoms with Gasteiger partial charge in [-0.3, -0.25) is 4.57 Å². The van der Waals surface area contributed by atoms with Crippen molar-refractivity contribution in [2.45, 2.75) is 55.7 Å². The minimum Gasteiger partial charge on any atom is -0.393 e. The second-order valence-corrected chi connectivity index (χ2v) is 11.6. The molecular formula is C21H26ClN6O8P. The zero-order valence-electron chi connectivity index (χ0n) is 19.5. The van der Waals surface area contributed by atoms with Crippen molar-refractivity contribution in [3.05, 3.63) is 40.7 Å². The fourth-order valence-corrected chi connectivity index (χ4v) is 5.09. The predicted octanol–water partition coefficient (Wildman–Crippen LogP) is 0.496. The Balaban J connectivity index is 1.39. The van der Waals surface area contributed by atoms with Gasteiger partial charge >= 0.3 is 7.60 Å². The van der Waals surface area contributed by atoms with E-state index in [0.29, 0.717) is 5.82 Å². The third-order valence-electron chi connectivity index (χ3n) is 6.79. The molecule has 0 bridgehead atoms. The summed E-state index contributed by atoms with van der Waals surface area (Å²) in [5.74, 6) is 0.344. The van der Waals surface area contributed by atoms with Gasteiger partial charge in [0.25, 0.3) is 0 Å². The Morgan fingerprint density at radius 1 is 1.27 bits per heavy atom. The fraction of sp³-hybridized carbons (Fsp3) is 0.524. The molecule has 0 radical (unpaired) electrons. The summed E-state index contributed by atoms with van der Waals surface area (Å²) >= 11 is 6.20. The Kier molecular flexibility index (Phi) is 6.98. The van der Waals surface area contributed by atoms with E-state index in [2.05, 4.69) is 31.7 Å². The van der Waals surface area contributed by atoms with Crippen LogP contribution in [0.1, 0.15) is 36.7 Å². The third-order valence-corrected chi connectivity index (χ3v) is 8.46. The molecule has 1 aromatic carbocycles. The van der Waals surface area contributed by atoms with Crippen LogP contribution in [0.2, 0.25) is 5.28 Å². The molecule has 1 aliphatic heterocycles. The van der Waals surface area contributed by atoms with Crippen LogP contribution in [0.25, 0.3) is 11.2 Å². The smallest absolute Gasteiger partial charge is 0.359 e. The number of nitrogens with one attached hydrogen (secondary N) is 1. The SMILES string of the molecule is CC(CO)(OC[C@H]1O[C@H](n2nnc3c(N[C@@H]4CCc5ccccc54)nc(Cl)nc32)[C@H](O)[C@@H]1O)P(=O)(O)O. The van der Waals surface area contributed by atoms with Crippen LogP contribution in [0.4, 0.5) is 5.82 Å². The molecule has 2 aliphatic rings. The van der Waals surface area contributed by atoms with Gasteiger partial charge in [-0.1, -0.05) is 29.5 Å². The molecule has 6 atom stereocenters. The van der Waals surface area contributed by atoms with Crippen molar-refractivity contribution in [3.8, 4) is 0 Å². The average molecular weight is 557 g/mol. The van der Waals surface area contributed by atoms with Gasteiger partial charge in [-0.15, -0.1) is 5.10 Å². The molecule has 1 aliphatic carbocycles. The average Bonchev–Trinajstić information content (AvgIpc) is 3.54. The Morgan fingerprint density at radius 2 is 2.03 bits per heavy atom. The second-order valence-electron chi connectivity index (χ2n) is 9.22. The molecule has 1 saturated heterocycles. The Bertz CT molecular complexity index is 1360. The first-order chi connectivity index (χ1) is 17.5. The molecule has 0 saturated carbocycles. The van der Waals surface area contributed by atoms with E-state index < -0.39 is 50.7 Å². The molecule has 5 rings (SSSR count).